The van der Waals surface area contributed by atoms with Gasteiger partial charge in [-0.05, 0) is 36.8 Å². The minimum Gasteiger partial charge on any atom is -0.343 e. The average molecular weight is 252 g/mol. The zero-order valence-corrected chi connectivity index (χ0v) is 11.2. The average Bonchev–Trinajstić information content (AvgIpc) is 3.20. The SMILES string of the molecule is C#CCCCn1c(CNC2CC2)cc2ccccc21. The maximum absolute atomic E-state index is 5.35. The first-order chi connectivity index (χ1) is 9.38. The Bertz CT molecular complexity index is 599. The van der Waals surface area contributed by atoms with Crippen LogP contribution in [-0.4, -0.2) is 10.6 Å². The molecule has 1 fully saturated rings. The zero-order chi connectivity index (χ0) is 13.1. The molecule has 1 heterocycles. The molecule has 2 heteroatoms. The maximum atomic E-state index is 5.35. The summed E-state index contributed by atoms with van der Waals surface area (Å²) < 4.78 is 2.42. The summed E-state index contributed by atoms with van der Waals surface area (Å²) in [6.45, 7) is 1.98. The minimum atomic E-state index is 0.747. The molecule has 0 radical (unpaired) electrons. The molecule has 19 heavy (non-hydrogen) atoms. The highest BCUT2D eigenvalue weighted by Gasteiger charge is 2.20. The van der Waals surface area contributed by atoms with Crippen molar-refractivity contribution in [1.82, 2.24) is 9.88 Å². The third-order valence-corrected chi connectivity index (χ3v) is 3.75. The third-order valence-electron chi connectivity index (χ3n) is 3.75. The van der Waals surface area contributed by atoms with E-state index in [-0.39, 0.29) is 0 Å². The number of fused-ring (bicyclic) bond motifs is 1. The minimum absolute atomic E-state index is 0.747. The molecule has 3 rings (SSSR count). The van der Waals surface area contributed by atoms with Crippen LogP contribution in [0.25, 0.3) is 10.9 Å². The number of hydrogen-bond acceptors (Lipinski definition) is 1. The molecule has 0 amide bonds. The van der Waals surface area contributed by atoms with Gasteiger partial charge >= 0.3 is 0 Å². The van der Waals surface area contributed by atoms with E-state index >= 15 is 0 Å². The lowest BCUT2D eigenvalue weighted by Crippen LogP contribution is -2.18. The van der Waals surface area contributed by atoms with Crippen LogP contribution in [0.4, 0.5) is 0 Å². The number of nitrogens with one attached hydrogen (secondary N) is 1. The molecule has 0 spiro atoms. The van der Waals surface area contributed by atoms with E-state index in [1.165, 1.54) is 29.4 Å². The predicted octanol–water partition coefficient (Wildman–Crippen LogP) is 3.31. The molecule has 0 bridgehead atoms. The standard InChI is InChI=1S/C17H20N2/c1-2-3-6-11-19-16(13-18-15-9-10-15)12-14-7-4-5-8-17(14)19/h1,4-5,7-8,12,15,18H,3,6,9-11,13H2. The highest BCUT2D eigenvalue weighted by molar-refractivity contribution is 5.81. The van der Waals surface area contributed by atoms with Crippen molar-refractivity contribution in [1.29, 1.82) is 0 Å². The van der Waals surface area contributed by atoms with E-state index in [1.54, 1.807) is 0 Å². The predicted molar refractivity (Wildman–Crippen MR) is 79.9 cm³/mol. The molecular weight excluding hydrogens is 232 g/mol. The number of unbranched alkanes of at least 4 members (excludes halogenated alkanes) is 1. The summed E-state index contributed by atoms with van der Waals surface area (Å²) in [4.78, 5) is 0. The van der Waals surface area contributed by atoms with Crippen molar-refractivity contribution >= 4 is 10.9 Å². The molecule has 1 N–H and O–H groups in total. The Hall–Kier alpha value is -1.72. The first-order valence-corrected chi connectivity index (χ1v) is 7.12. The lowest BCUT2D eigenvalue weighted by atomic mass is 10.2. The normalized spacial score (nSPS) is 14.7. The lowest BCUT2D eigenvalue weighted by Gasteiger charge is -2.10. The van der Waals surface area contributed by atoms with Gasteiger partial charge in [-0.15, -0.1) is 12.3 Å². The highest BCUT2D eigenvalue weighted by atomic mass is 15.0. The molecule has 1 aliphatic carbocycles. The van der Waals surface area contributed by atoms with E-state index in [2.05, 4.69) is 46.1 Å². The van der Waals surface area contributed by atoms with E-state index in [4.69, 9.17) is 6.42 Å². The van der Waals surface area contributed by atoms with Crippen molar-refractivity contribution < 1.29 is 0 Å². The number of nitrogens with zero attached hydrogens (tertiary/aromatic N) is 1. The molecule has 2 nitrogen and oxygen atoms in total. The lowest BCUT2D eigenvalue weighted by molar-refractivity contribution is 0.602. The Morgan fingerprint density at radius 2 is 2.16 bits per heavy atom. The topological polar surface area (TPSA) is 17.0 Å². The number of rotatable bonds is 6. The molecule has 98 valence electrons. The molecule has 0 unspecified atom stereocenters. The van der Waals surface area contributed by atoms with Gasteiger partial charge in [0.05, 0.1) is 0 Å². The van der Waals surface area contributed by atoms with Gasteiger partial charge < -0.3 is 9.88 Å². The van der Waals surface area contributed by atoms with Crippen LogP contribution in [0.2, 0.25) is 0 Å². The number of hydrogen-bond donors (Lipinski definition) is 1. The van der Waals surface area contributed by atoms with Gasteiger partial charge in [-0.25, -0.2) is 0 Å². The molecule has 1 aromatic heterocycles. The summed E-state index contributed by atoms with van der Waals surface area (Å²) in [6, 6.07) is 11.7. The summed E-state index contributed by atoms with van der Waals surface area (Å²) in [5.41, 5.74) is 2.71. The quantitative estimate of drug-likeness (QED) is 0.616. The van der Waals surface area contributed by atoms with Gasteiger partial charge in [0, 0.05) is 36.8 Å². The fourth-order valence-electron chi connectivity index (χ4n) is 2.55. The molecule has 2 aromatic rings. The summed E-state index contributed by atoms with van der Waals surface area (Å²) in [5, 5.41) is 4.93. The molecular formula is C17H20N2. The Morgan fingerprint density at radius 3 is 2.95 bits per heavy atom. The van der Waals surface area contributed by atoms with Crippen molar-refractivity contribution in [3.8, 4) is 12.3 Å². The second kappa shape index (κ2) is 5.50. The van der Waals surface area contributed by atoms with Gasteiger partial charge in [0.15, 0.2) is 0 Å². The highest BCUT2D eigenvalue weighted by Crippen LogP contribution is 2.23. The van der Waals surface area contributed by atoms with Gasteiger partial charge in [0.2, 0.25) is 0 Å². The summed E-state index contributed by atoms with van der Waals surface area (Å²) in [5.74, 6) is 2.73. The van der Waals surface area contributed by atoms with Gasteiger partial charge in [-0.1, -0.05) is 18.2 Å². The van der Waals surface area contributed by atoms with Gasteiger partial charge in [-0.3, -0.25) is 0 Å². The first-order valence-electron chi connectivity index (χ1n) is 7.12. The molecule has 1 aliphatic rings. The van der Waals surface area contributed by atoms with Crippen molar-refractivity contribution in [2.24, 2.45) is 0 Å². The van der Waals surface area contributed by atoms with Crippen LogP contribution in [0.15, 0.2) is 30.3 Å². The second-order valence-electron chi connectivity index (χ2n) is 5.31. The largest absolute Gasteiger partial charge is 0.343 e. The summed E-state index contributed by atoms with van der Waals surface area (Å²) >= 11 is 0. The van der Waals surface area contributed by atoms with E-state index in [1.807, 2.05) is 0 Å². The zero-order valence-electron chi connectivity index (χ0n) is 11.2. The van der Waals surface area contributed by atoms with E-state index in [0.717, 1.165) is 32.0 Å². The van der Waals surface area contributed by atoms with Crippen LogP contribution in [0, 0.1) is 12.3 Å². The van der Waals surface area contributed by atoms with E-state index in [0.29, 0.717) is 0 Å². The number of para-hydroxylation sites is 1. The monoisotopic (exact) mass is 252 g/mol. The van der Waals surface area contributed by atoms with Gasteiger partial charge in [0.1, 0.15) is 0 Å². The Morgan fingerprint density at radius 1 is 1.32 bits per heavy atom. The van der Waals surface area contributed by atoms with Crippen LogP contribution in [0.1, 0.15) is 31.4 Å². The van der Waals surface area contributed by atoms with Crippen molar-refractivity contribution in [3.63, 3.8) is 0 Å². The maximum Gasteiger partial charge on any atom is 0.0482 e. The van der Waals surface area contributed by atoms with Crippen LogP contribution < -0.4 is 5.32 Å². The first kappa shape index (κ1) is 12.3. The Kier molecular flexibility index (Phi) is 3.57. The number of terminal acetylenes is 1. The molecule has 0 atom stereocenters. The fourth-order valence-corrected chi connectivity index (χ4v) is 2.55. The van der Waals surface area contributed by atoms with E-state index < -0.39 is 0 Å². The number of aryl methyl sites for hydroxylation is 1. The van der Waals surface area contributed by atoms with Crippen LogP contribution >= 0.6 is 0 Å². The molecule has 0 saturated heterocycles. The Balaban J connectivity index is 1.84. The van der Waals surface area contributed by atoms with Crippen LogP contribution in [-0.2, 0) is 13.1 Å². The van der Waals surface area contributed by atoms with E-state index in [9.17, 15) is 0 Å². The fraction of sp³-hybridized carbons (Fsp3) is 0.412. The summed E-state index contributed by atoms with van der Waals surface area (Å²) in [7, 11) is 0. The molecule has 1 saturated carbocycles. The molecule has 0 aliphatic heterocycles. The van der Waals surface area contributed by atoms with Gasteiger partial charge in [0.25, 0.3) is 0 Å². The summed E-state index contributed by atoms with van der Waals surface area (Å²) in [6.07, 6.45) is 9.91. The second-order valence-corrected chi connectivity index (χ2v) is 5.31. The Labute approximate surface area is 114 Å². The van der Waals surface area contributed by atoms with Gasteiger partial charge in [-0.2, -0.15) is 0 Å². The van der Waals surface area contributed by atoms with Crippen LogP contribution in [0.3, 0.4) is 0 Å². The van der Waals surface area contributed by atoms with Crippen molar-refractivity contribution in [3.05, 3.63) is 36.0 Å². The number of aromatic nitrogens is 1. The number of benzene rings is 1. The van der Waals surface area contributed by atoms with Crippen molar-refractivity contribution in [2.75, 3.05) is 0 Å². The smallest absolute Gasteiger partial charge is 0.0482 e. The van der Waals surface area contributed by atoms with Crippen molar-refractivity contribution in [2.45, 2.75) is 44.8 Å². The molecule has 1 aromatic carbocycles. The third kappa shape index (κ3) is 2.83. The van der Waals surface area contributed by atoms with Crippen LogP contribution in [0.5, 0.6) is 0 Å².